The van der Waals surface area contributed by atoms with Crippen LogP contribution in [0.1, 0.15) is 79.0 Å². The van der Waals surface area contributed by atoms with E-state index in [0.29, 0.717) is 5.56 Å². The van der Waals surface area contributed by atoms with Gasteiger partial charge in [0.15, 0.2) is 9.92 Å². The minimum atomic E-state index is -3.53. The van der Waals surface area contributed by atoms with Crippen LogP contribution in [0.4, 0.5) is 10.5 Å². The van der Waals surface area contributed by atoms with Crippen LogP contribution in [0.15, 0.2) is 27.5 Å². The second kappa shape index (κ2) is 7.11. The molecule has 1 unspecified atom stereocenters. The third kappa shape index (κ3) is 3.54. The number of anilines is 1. The van der Waals surface area contributed by atoms with E-state index >= 15 is 0 Å². The van der Waals surface area contributed by atoms with Crippen LogP contribution in [0.3, 0.4) is 0 Å². The molecule has 5 rings (SSSR count). The first-order chi connectivity index (χ1) is 15.4. The van der Waals surface area contributed by atoms with Gasteiger partial charge in [-0.25, -0.2) is 9.00 Å². The summed E-state index contributed by atoms with van der Waals surface area (Å²) in [4.78, 5) is 30.5. The molecule has 2 heterocycles. The molecule has 174 valence electrons. The van der Waals surface area contributed by atoms with Crippen molar-refractivity contribution in [3.8, 4) is 0 Å². The maximum Gasteiger partial charge on any atom is 0.355 e. The molecule has 3 N–H and O–H groups in total. The maximum absolute atomic E-state index is 13.6. The van der Waals surface area contributed by atoms with Gasteiger partial charge in [0.1, 0.15) is 0 Å². The number of aliphatic hydroxyl groups is 1. The lowest BCUT2D eigenvalue weighted by molar-refractivity contribution is 0.0782. The number of benzene rings is 1. The highest BCUT2D eigenvalue weighted by Gasteiger charge is 2.37. The van der Waals surface area contributed by atoms with E-state index in [4.69, 9.17) is 4.98 Å². The van der Waals surface area contributed by atoms with E-state index in [9.17, 15) is 18.9 Å². The molecule has 0 fully saturated rings. The smallest absolute Gasteiger partial charge is 0.355 e. The summed E-state index contributed by atoms with van der Waals surface area (Å²) >= 11 is 0. The van der Waals surface area contributed by atoms with Gasteiger partial charge >= 0.3 is 6.03 Å². The van der Waals surface area contributed by atoms with Gasteiger partial charge in [0.2, 0.25) is 0 Å². The fourth-order valence-corrected chi connectivity index (χ4v) is 6.65. The lowest BCUT2D eigenvalue weighted by Gasteiger charge is -2.20. The molecule has 0 spiro atoms. The van der Waals surface area contributed by atoms with Crippen LogP contribution in [-0.2, 0) is 40.2 Å². The van der Waals surface area contributed by atoms with Crippen LogP contribution in [0.25, 0.3) is 0 Å². The zero-order valence-corrected chi connectivity index (χ0v) is 20.1. The molecule has 8 nitrogen and oxygen atoms in total. The average molecular weight is 469 g/mol. The van der Waals surface area contributed by atoms with Crippen LogP contribution in [0, 0.1) is 0 Å². The van der Waals surface area contributed by atoms with E-state index < -0.39 is 27.5 Å². The molecule has 0 saturated heterocycles. The summed E-state index contributed by atoms with van der Waals surface area (Å²) in [6, 6.07) is 3.82. The number of pyridine rings is 1. The second-order valence-corrected chi connectivity index (χ2v) is 12.1. The minimum absolute atomic E-state index is 0.0690. The van der Waals surface area contributed by atoms with Crippen LogP contribution in [0.2, 0.25) is 0 Å². The highest BCUT2D eigenvalue weighted by molar-refractivity contribution is 7.93. The summed E-state index contributed by atoms with van der Waals surface area (Å²) in [6.45, 7) is 7.50. The molecule has 0 radical (unpaired) electrons. The van der Waals surface area contributed by atoms with Crippen molar-refractivity contribution >= 4 is 27.5 Å². The molecule has 0 bridgehead atoms. The van der Waals surface area contributed by atoms with Crippen molar-refractivity contribution < 1.29 is 18.9 Å². The molecule has 1 aromatic heterocycles. The predicted octanol–water partition coefficient (Wildman–Crippen LogP) is 3.74. The van der Waals surface area contributed by atoms with Crippen LogP contribution in [0.5, 0.6) is 0 Å². The molecular formula is C24H28N4O4S. The summed E-state index contributed by atoms with van der Waals surface area (Å²) in [6.07, 6.45) is 4.43. The summed E-state index contributed by atoms with van der Waals surface area (Å²) in [5, 5.41) is 13.2. The minimum Gasteiger partial charge on any atom is -0.386 e. The Morgan fingerprint density at radius 2 is 2.00 bits per heavy atom. The van der Waals surface area contributed by atoms with E-state index in [-0.39, 0.29) is 15.9 Å². The topological polar surface area (TPSA) is 121 Å². The van der Waals surface area contributed by atoms with Crippen molar-refractivity contribution in [2.75, 3.05) is 5.32 Å². The van der Waals surface area contributed by atoms with E-state index in [1.165, 1.54) is 12.1 Å². The van der Waals surface area contributed by atoms with E-state index in [0.717, 1.165) is 60.3 Å². The summed E-state index contributed by atoms with van der Waals surface area (Å²) in [7, 11) is -3.53. The Bertz CT molecular complexity index is 1350. The lowest BCUT2D eigenvalue weighted by atomic mass is 9.90. The van der Waals surface area contributed by atoms with Gasteiger partial charge in [0, 0.05) is 11.1 Å². The normalized spacial score (nSPS) is 22.4. The number of carbonyl (C=O) groups excluding carboxylic acids is 2. The lowest BCUT2D eigenvalue weighted by Crippen LogP contribution is -2.24. The van der Waals surface area contributed by atoms with Crippen LogP contribution < -0.4 is 10.0 Å². The van der Waals surface area contributed by atoms with E-state index in [2.05, 4.69) is 28.2 Å². The number of aromatic nitrogens is 1. The highest BCUT2D eigenvalue weighted by Crippen LogP contribution is 2.44. The Morgan fingerprint density at radius 1 is 1.24 bits per heavy atom. The maximum atomic E-state index is 13.6. The van der Waals surface area contributed by atoms with Gasteiger partial charge in [-0.05, 0) is 74.8 Å². The van der Waals surface area contributed by atoms with Crippen LogP contribution in [-0.4, -0.2) is 26.2 Å². The molecule has 1 aromatic carbocycles. The number of nitrogens with zero attached hydrogens (tertiary/aromatic N) is 2. The molecule has 33 heavy (non-hydrogen) atoms. The number of rotatable bonds is 2. The van der Waals surface area contributed by atoms with Crippen molar-refractivity contribution in [3.05, 3.63) is 51.8 Å². The van der Waals surface area contributed by atoms with Crippen molar-refractivity contribution in [2.45, 2.75) is 75.7 Å². The Morgan fingerprint density at radius 3 is 2.73 bits per heavy atom. The standard InChI is InChI=1S/C24H28N4O4S/c1-23(2)11-10-16-19(14-6-5-7-17(14)25-20(16)23)26-22(30)28-33(32)18-12-13(24(3,4)31)8-9-15(18)21(29)27-33/h8-9,12,31H,5-7,10-11H2,1-4H3,(H2,25,26,27,28,29,30,32). The average Bonchev–Trinajstić information content (AvgIpc) is 3.37. The van der Waals surface area contributed by atoms with Gasteiger partial charge in [-0.3, -0.25) is 14.5 Å². The fraction of sp³-hybridized carbons (Fsp3) is 0.458. The fourth-order valence-electron chi connectivity index (χ4n) is 5.01. The monoisotopic (exact) mass is 468 g/mol. The molecule has 2 aliphatic carbocycles. The Kier molecular flexibility index (Phi) is 4.75. The number of amides is 3. The van der Waals surface area contributed by atoms with Gasteiger partial charge in [-0.15, -0.1) is 4.36 Å². The van der Waals surface area contributed by atoms with Crippen molar-refractivity contribution in [2.24, 2.45) is 4.36 Å². The number of nitrogens with one attached hydrogen (secondary N) is 2. The van der Waals surface area contributed by atoms with Crippen molar-refractivity contribution in [1.82, 2.24) is 9.71 Å². The van der Waals surface area contributed by atoms with Gasteiger partial charge in [0.05, 0.1) is 27.4 Å². The highest BCUT2D eigenvalue weighted by atomic mass is 32.2. The van der Waals surface area contributed by atoms with Crippen LogP contribution >= 0.6 is 0 Å². The summed E-state index contributed by atoms with van der Waals surface area (Å²) < 4.78 is 19.9. The third-order valence-corrected chi connectivity index (χ3v) is 8.69. The largest absolute Gasteiger partial charge is 0.386 e. The third-order valence-electron chi connectivity index (χ3n) is 6.87. The van der Waals surface area contributed by atoms with E-state index in [1.54, 1.807) is 19.9 Å². The van der Waals surface area contributed by atoms with Gasteiger partial charge in [-0.1, -0.05) is 19.9 Å². The molecule has 1 aliphatic heterocycles. The molecule has 2 aromatic rings. The SMILES string of the molecule is CC(C)(O)c1ccc2c(c1)S(=O)(=NC(=O)Nc1c3c(nc4c1CCC4(C)C)CCC3)NC2=O. The molecule has 0 saturated carbocycles. The second-order valence-electron chi connectivity index (χ2n) is 10.2. The van der Waals surface area contributed by atoms with Crippen molar-refractivity contribution in [1.29, 1.82) is 0 Å². The number of hydrogen-bond donors (Lipinski definition) is 3. The Balaban J connectivity index is 1.56. The Hall–Kier alpha value is -2.78. The molecule has 1 atom stereocenters. The van der Waals surface area contributed by atoms with E-state index in [1.807, 2.05) is 0 Å². The number of hydrogen-bond acceptors (Lipinski definition) is 5. The number of fused-ring (bicyclic) bond motifs is 3. The molecule has 3 amide bonds. The number of carbonyl (C=O) groups is 2. The first-order valence-corrected chi connectivity index (χ1v) is 12.7. The molecule has 9 heteroatoms. The van der Waals surface area contributed by atoms with Gasteiger partial charge in [0.25, 0.3) is 5.91 Å². The Labute approximate surface area is 193 Å². The first kappa shape index (κ1) is 22.0. The molecular weight excluding hydrogens is 440 g/mol. The molecule has 3 aliphatic rings. The number of aryl methyl sites for hydroxylation is 1. The van der Waals surface area contributed by atoms with Gasteiger partial charge < -0.3 is 10.4 Å². The number of urea groups is 1. The quantitative estimate of drug-likeness (QED) is 0.620. The predicted molar refractivity (Wildman–Crippen MR) is 125 cm³/mol. The summed E-state index contributed by atoms with van der Waals surface area (Å²) in [5.74, 6) is -0.554. The zero-order valence-electron chi connectivity index (χ0n) is 19.2. The first-order valence-electron chi connectivity index (χ1n) is 11.2. The van der Waals surface area contributed by atoms with Crippen molar-refractivity contribution in [3.63, 3.8) is 0 Å². The van der Waals surface area contributed by atoms with Gasteiger partial charge in [-0.2, -0.15) is 0 Å². The summed E-state index contributed by atoms with van der Waals surface area (Å²) in [5.41, 5.74) is 4.22. The zero-order chi connectivity index (χ0) is 23.8.